The number of aromatic nitrogens is 4. The maximum atomic E-state index is 9.22. The second kappa shape index (κ2) is 7.87. The summed E-state index contributed by atoms with van der Waals surface area (Å²) in [6.45, 7) is 8.78. The zero-order valence-corrected chi connectivity index (χ0v) is 18.0. The Morgan fingerprint density at radius 2 is 1.76 bits per heavy atom. The van der Waals surface area contributed by atoms with Crippen molar-refractivity contribution in [3.8, 4) is 6.07 Å². The van der Waals surface area contributed by atoms with Crippen molar-refractivity contribution in [1.29, 1.82) is 5.26 Å². The minimum Gasteiger partial charge on any atom is -0.322 e. The van der Waals surface area contributed by atoms with Crippen LogP contribution in [-0.4, -0.2) is 33.3 Å². The lowest BCUT2D eigenvalue weighted by atomic mass is 9.69. The number of hydrogen-bond acceptors (Lipinski definition) is 4. The van der Waals surface area contributed by atoms with Gasteiger partial charge in [-0.2, -0.15) is 5.26 Å². The summed E-state index contributed by atoms with van der Waals surface area (Å²) in [6.07, 6.45) is 9.48. The molecule has 1 aromatic heterocycles. The first-order valence-corrected chi connectivity index (χ1v) is 11.1. The molecule has 4 rings (SSSR count). The molecule has 29 heavy (non-hydrogen) atoms. The lowest BCUT2D eigenvalue weighted by molar-refractivity contribution is -0.938. The van der Waals surface area contributed by atoms with Crippen LogP contribution < -0.4 is 4.90 Å². The molecule has 6 nitrogen and oxygen atoms in total. The Morgan fingerprint density at radius 3 is 2.41 bits per heavy atom. The Kier molecular flexibility index (Phi) is 5.44. The number of tetrazole rings is 1. The molecule has 1 unspecified atom stereocenters. The molecule has 1 N–H and O–H groups in total. The van der Waals surface area contributed by atoms with E-state index in [-0.39, 0.29) is 11.6 Å². The molecule has 0 radical (unpaired) electrons. The van der Waals surface area contributed by atoms with Gasteiger partial charge in [-0.05, 0) is 69.0 Å². The Labute approximate surface area is 173 Å². The molecule has 2 aromatic rings. The van der Waals surface area contributed by atoms with E-state index in [1.165, 1.54) is 57.1 Å². The fourth-order valence-corrected chi connectivity index (χ4v) is 5.49. The van der Waals surface area contributed by atoms with Gasteiger partial charge in [-0.15, -0.1) is 5.10 Å². The minimum absolute atomic E-state index is 0.0936. The predicted molar refractivity (Wildman–Crippen MR) is 111 cm³/mol. The van der Waals surface area contributed by atoms with Gasteiger partial charge in [-0.1, -0.05) is 31.4 Å². The number of benzene rings is 1. The van der Waals surface area contributed by atoms with Crippen molar-refractivity contribution in [3.63, 3.8) is 0 Å². The van der Waals surface area contributed by atoms with E-state index in [1.807, 2.05) is 16.8 Å². The smallest absolute Gasteiger partial charge is 0.214 e. The third-order valence-electron chi connectivity index (χ3n) is 6.89. The van der Waals surface area contributed by atoms with Crippen LogP contribution in [-0.2, 0) is 5.54 Å². The van der Waals surface area contributed by atoms with Crippen molar-refractivity contribution in [2.45, 2.75) is 77.3 Å². The molecule has 6 heteroatoms. The number of nitrogens with one attached hydrogen (secondary N) is 1. The van der Waals surface area contributed by atoms with Crippen LogP contribution in [0.1, 0.15) is 88.7 Å². The summed E-state index contributed by atoms with van der Waals surface area (Å²) in [5, 5.41) is 22.2. The molecule has 2 aliphatic rings. The van der Waals surface area contributed by atoms with E-state index in [1.54, 1.807) is 4.90 Å². The molecule has 1 spiro atoms. The van der Waals surface area contributed by atoms with Crippen LogP contribution in [0.15, 0.2) is 24.3 Å². The number of likely N-dealkylation sites (tertiary alicyclic amines) is 1. The van der Waals surface area contributed by atoms with Crippen LogP contribution in [0.25, 0.3) is 0 Å². The van der Waals surface area contributed by atoms with Gasteiger partial charge in [0.2, 0.25) is 5.82 Å². The van der Waals surface area contributed by atoms with Crippen LogP contribution in [0.4, 0.5) is 0 Å². The standard InChI is InChI=1S/C23H32N6/c1-22(2,3)29-21(25-26-27-29)20(19-10-8-18(16-24)9-11-19)28-15-7-14-23(17-28)12-5-4-6-13-23/h8-11,20H,4-7,12-15,17H2,1-3H3/p+1/t20-/m1/s1. The molecule has 2 fully saturated rings. The first-order chi connectivity index (χ1) is 13.9. The van der Waals surface area contributed by atoms with E-state index in [9.17, 15) is 5.26 Å². The average Bonchev–Trinajstić information content (AvgIpc) is 3.19. The molecule has 0 bridgehead atoms. The summed E-state index contributed by atoms with van der Waals surface area (Å²) in [4.78, 5) is 1.57. The second-order valence-corrected chi connectivity index (χ2v) is 10.0. The van der Waals surface area contributed by atoms with Gasteiger partial charge in [-0.25, -0.2) is 4.68 Å². The van der Waals surface area contributed by atoms with E-state index >= 15 is 0 Å². The number of hydrogen-bond donors (Lipinski definition) is 1. The Hall–Kier alpha value is -2.26. The van der Waals surface area contributed by atoms with Crippen LogP contribution in [0.5, 0.6) is 0 Å². The molecule has 154 valence electrons. The Balaban J connectivity index is 1.74. The van der Waals surface area contributed by atoms with Gasteiger partial charge in [0.1, 0.15) is 0 Å². The van der Waals surface area contributed by atoms with Crippen molar-refractivity contribution in [3.05, 3.63) is 41.2 Å². The molecule has 1 saturated heterocycles. The Bertz CT molecular complexity index is 858. The van der Waals surface area contributed by atoms with Crippen molar-refractivity contribution in [2.75, 3.05) is 13.1 Å². The lowest BCUT2D eigenvalue weighted by Gasteiger charge is -2.45. The van der Waals surface area contributed by atoms with Gasteiger partial charge in [0, 0.05) is 11.0 Å². The highest BCUT2D eigenvalue weighted by Gasteiger charge is 2.44. The zero-order valence-electron chi connectivity index (χ0n) is 18.0. The quantitative estimate of drug-likeness (QED) is 0.870. The third kappa shape index (κ3) is 4.06. The summed E-state index contributed by atoms with van der Waals surface area (Å²) in [5.41, 5.74) is 2.20. The fourth-order valence-electron chi connectivity index (χ4n) is 5.49. The fraction of sp³-hybridized carbons (Fsp3) is 0.652. The predicted octanol–water partition coefficient (Wildman–Crippen LogP) is 3.02. The minimum atomic E-state index is -0.179. The van der Waals surface area contributed by atoms with Gasteiger partial charge in [0.15, 0.2) is 6.04 Å². The van der Waals surface area contributed by atoms with Crippen LogP contribution in [0.3, 0.4) is 0 Å². The van der Waals surface area contributed by atoms with Crippen molar-refractivity contribution in [2.24, 2.45) is 5.41 Å². The van der Waals surface area contributed by atoms with Crippen molar-refractivity contribution >= 4 is 0 Å². The zero-order chi connectivity index (χ0) is 20.5. The summed E-state index contributed by atoms with van der Waals surface area (Å²) >= 11 is 0. The van der Waals surface area contributed by atoms with Crippen molar-refractivity contribution < 1.29 is 4.90 Å². The van der Waals surface area contributed by atoms with Gasteiger partial charge in [-0.3, -0.25) is 0 Å². The van der Waals surface area contributed by atoms with Crippen molar-refractivity contribution in [1.82, 2.24) is 20.2 Å². The summed E-state index contributed by atoms with van der Waals surface area (Å²) in [5.74, 6) is 0.935. The molecule has 1 aromatic carbocycles. The number of quaternary nitrogens is 1. The largest absolute Gasteiger partial charge is 0.322 e. The van der Waals surface area contributed by atoms with Gasteiger partial charge < -0.3 is 4.90 Å². The molecule has 1 aliphatic heterocycles. The number of rotatable bonds is 3. The van der Waals surface area contributed by atoms with Crippen LogP contribution in [0, 0.1) is 16.7 Å². The molecule has 0 amide bonds. The lowest BCUT2D eigenvalue weighted by Crippen LogP contribution is -3.15. The molecular weight excluding hydrogens is 360 g/mol. The second-order valence-electron chi connectivity index (χ2n) is 10.0. The summed E-state index contributed by atoms with van der Waals surface area (Å²) in [6, 6.07) is 10.4. The molecule has 1 saturated carbocycles. The van der Waals surface area contributed by atoms with E-state index in [2.05, 4.69) is 54.5 Å². The molecule has 2 heterocycles. The van der Waals surface area contributed by atoms with E-state index in [0.717, 1.165) is 12.4 Å². The first kappa shape index (κ1) is 20.0. The highest BCUT2D eigenvalue weighted by Crippen LogP contribution is 2.40. The molecule has 1 aliphatic carbocycles. The Morgan fingerprint density at radius 1 is 1.07 bits per heavy atom. The highest BCUT2D eigenvalue weighted by molar-refractivity contribution is 5.34. The SMILES string of the molecule is CC(C)(C)n1nnnc1[C@@H](c1ccc(C#N)cc1)[NH+]1CCCC2(CCCCC2)C1. The normalized spacial score (nSPS) is 22.9. The van der Waals surface area contributed by atoms with Gasteiger partial charge in [0.25, 0.3) is 0 Å². The van der Waals surface area contributed by atoms with E-state index in [0.29, 0.717) is 11.0 Å². The number of piperidine rings is 1. The van der Waals surface area contributed by atoms with Gasteiger partial charge >= 0.3 is 0 Å². The maximum Gasteiger partial charge on any atom is 0.214 e. The van der Waals surface area contributed by atoms with E-state index in [4.69, 9.17) is 0 Å². The average molecular weight is 394 g/mol. The van der Waals surface area contributed by atoms with Crippen LogP contribution in [0.2, 0.25) is 0 Å². The van der Waals surface area contributed by atoms with Gasteiger partial charge in [0.05, 0.1) is 30.3 Å². The summed E-state index contributed by atoms with van der Waals surface area (Å²) in [7, 11) is 0. The number of nitrogens with zero attached hydrogens (tertiary/aromatic N) is 5. The topological polar surface area (TPSA) is 71.8 Å². The third-order valence-corrected chi connectivity index (χ3v) is 6.89. The highest BCUT2D eigenvalue weighted by atomic mass is 15.6. The first-order valence-electron chi connectivity index (χ1n) is 11.1. The van der Waals surface area contributed by atoms with E-state index < -0.39 is 0 Å². The monoisotopic (exact) mass is 393 g/mol. The molecule has 2 atom stereocenters. The number of nitriles is 1. The maximum absolute atomic E-state index is 9.22. The molecular formula is C23H33N6+. The summed E-state index contributed by atoms with van der Waals surface area (Å²) < 4.78 is 1.99. The van der Waals surface area contributed by atoms with Crippen LogP contribution >= 0.6 is 0 Å².